The van der Waals surface area contributed by atoms with Crippen LogP contribution < -0.4 is 5.32 Å². The predicted octanol–water partition coefficient (Wildman–Crippen LogP) is 4.21. The molecule has 3 aromatic heterocycles. The van der Waals surface area contributed by atoms with Crippen LogP contribution in [-0.2, 0) is 0 Å². The van der Waals surface area contributed by atoms with Crippen molar-refractivity contribution < 1.29 is 0 Å². The molecule has 7 heteroatoms. The van der Waals surface area contributed by atoms with Gasteiger partial charge in [0.25, 0.3) is 0 Å². The minimum Gasteiger partial charge on any atom is -0.358 e. The molecule has 98 valence electrons. The van der Waals surface area contributed by atoms with Crippen LogP contribution in [0.1, 0.15) is 13.8 Å². The Morgan fingerprint density at radius 1 is 1.11 bits per heavy atom. The van der Waals surface area contributed by atoms with Crippen LogP contribution in [0, 0.1) is 0 Å². The van der Waals surface area contributed by atoms with Crippen LogP contribution in [0.5, 0.6) is 0 Å². The molecule has 4 nitrogen and oxygen atoms in total. The molecule has 0 unspecified atom stereocenters. The third-order valence-electron chi connectivity index (χ3n) is 2.29. The Hall–Kier alpha value is -1.31. The van der Waals surface area contributed by atoms with Crippen molar-refractivity contribution in [2.75, 3.05) is 5.32 Å². The van der Waals surface area contributed by atoms with Gasteiger partial charge in [-0.1, -0.05) is 17.4 Å². The number of nitrogens with zero attached hydrogens (tertiary/aromatic N) is 3. The quantitative estimate of drug-likeness (QED) is 0.784. The lowest BCUT2D eigenvalue weighted by atomic mass is 10.4. The molecular formula is C12H12N4S3. The zero-order chi connectivity index (χ0) is 13.2. The number of aromatic nitrogens is 3. The number of hydrogen-bond donors (Lipinski definition) is 1. The van der Waals surface area contributed by atoms with Crippen molar-refractivity contribution >= 4 is 39.1 Å². The summed E-state index contributed by atoms with van der Waals surface area (Å²) in [7, 11) is 0. The molecule has 0 aromatic carbocycles. The molecule has 19 heavy (non-hydrogen) atoms. The van der Waals surface area contributed by atoms with Crippen molar-refractivity contribution in [3.05, 3.63) is 23.7 Å². The number of anilines is 1. The summed E-state index contributed by atoms with van der Waals surface area (Å²) in [6.45, 7) is 4.17. The van der Waals surface area contributed by atoms with Gasteiger partial charge in [-0.3, -0.25) is 0 Å². The molecule has 0 aliphatic carbocycles. The Kier molecular flexibility index (Phi) is 3.58. The van der Waals surface area contributed by atoms with Gasteiger partial charge in [-0.25, -0.2) is 4.98 Å². The summed E-state index contributed by atoms with van der Waals surface area (Å²) in [6, 6.07) is 4.49. The summed E-state index contributed by atoms with van der Waals surface area (Å²) < 4.78 is 0. The average Bonchev–Trinajstić information content (AvgIpc) is 3.09. The third-order valence-corrected chi connectivity index (χ3v) is 5.35. The van der Waals surface area contributed by atoms with Crippen molar-refractivity contribution in [1.82, 2.24) is 15.2 Å². The highest BCUT2D eigenvalue weighted by Crippen LogP contribution is 2.36. The first-order valence-electron chi connectivity index (χ1n) is 5.82. The molecular weight excluding hydrogens is 296 g/mol. The maximum absolute atomic E-state index is 4.45. The van der Waals surface area contributed by atoms with E-state index in [2.05, 4.69) is 45.8 Å². The predicted molar refractivity (Wildman–Crippen MR) is 83.1 cm³/mol. The maximum atomic E-state index is 4.45. The Morgan fingerprint density at radius 2 is 2.00 bits per heavy atom. The van der Waals surface area contributed by atoms with Crippen LogP contribution in [0.4, 0.5) is 5.13 Å². The van der Waals surface area contributed by atoms with Gasteiger partial charge in [-0.2, -0.15) is 0 Å². The molecule has 3 aromatic rings. The first kappa shape index (κ1) is 12.7. The molecule has 0 radical (unpaired) electrons. The number of nitrogens with one attached hydrogen (secondary N) is 1. The van der Waals surface area contributed by atoms with E-state index >= 15 is 0 Å². The van der Waals surface area contributed by atoms with Crippen molar-refractivity contribution in [3.8, 4) is 19.8 Å². The van der Waals surface area contributed by atoms with E-state index in [1.807, 2.05) is 12.3 Å². The fraction of sp³-hybridized carbons (Fsp3) is 0.250. The second-order valence-electron chi connectivity index (χ2n) is 4.22. The van der Waals surface area contributed by atoms with Gasteiger partial charge in [-0.15, -0.1) is 32.9 Å². The first-order chi connectivity index (χ1) is 9.22. The van der Waals surface area contributed by atoms with E-state index in [1.165, 1.54) is 4.88 Å². The molecule has 0 atom stereocenters. The zero-order valence-corrected chi connectivity index (χ0v) is 12.9. The van der Waals surface area contributed by atoms with E-state index in [4.69, 9.17) is 0 Å². The lowest BCUT2D eigenvalue weighted by Gasteiger charge is -2.02. The molecule has 0 aliphatic heterocycles. The Labute approximate surface area is 123 Å². The van der Waals surface area contributed by atoms with Crippen LogP contribution in [-0.4, -0.2) is 21.2 Å². The SMILES string of the molecule is CC(C)Nc1nnc(-c2cnc(-c3cccs3)s2)s1. The topological polar surface area (TPSA) is 50.7 Å². The Balaban J connectivity index is 1.84. The minimum absolute atomic E-state index is 0.365. The summed E-state index contributed by atoms with van der Waals surface area (Å²) in [5, 5.41) is 16.5. The monoisotopic (exact) mass is 308 g/mol. The van der Waals surface area contributed by atoms with Crippen LogP contribution in [0.15, 0.2) is 23.7 Å². The molecule has 3 heterocycles. The summed E-state index contributed by atoms with van der Waals surface area (Å²) in [5.74, 6) is 0. The second-order valence-corrected chi connectivity index (χ2v) is 7.17. The van der Waals surface area contributed by atoms with Crippen LogP contribution >= 0.6 is 34.0 Å². The average molecular weight is 308 g/mol. The summed E-state index contributed by atoms with van der Waals surface area (Å²) >= 11 is 4.92. The normalized spacial score (nSPS) is 11.1. The standard InChI is InChI=1S/C12H12N4S3/c1-7(2)14-12-16-15-11(19-12)9-6-13-10(18-9)8-4-3-5-17-8/h3-7H,1-2H3,(H,14,16). The van der Waals surface area contributed by atoms with Crippen molar-refractivity contribution in [2.24, 2.45) is 0 Å². The molecule has 0 aliphatic rings. The van der Waals surface area contributed by atoms with E-state index in [1.54, 1.807) is 34.0 Å². The van der Waals surface area contributed by atoms with Crippen LogP contribution in [0.2, 0.25) is 0 Å². The number of hydrogen-bond acceptors (Lipinski definition) is 7. The van der Waals surface area contributed by atoms with E-state index in [0.717, 1.165) is 20.0 Å². The third kappa shape index (κ3) is 2.83. The molecule has 1 N–H and O–H groups in total. The van der Waals surface area contributed by atoms with Gasteiger partial charge in [0.05, 0.1) is 9.75 Å². The highest BCUT2D eigenvalue weighted by molar-refractivity contribution is 7.26. The van der Waals surface area contributed by atoms with Gasteiger partial charge >= 0.3 is 0 Å². The number of rotatable bonds is 4. The smallest absolute Gasteiger partial charge is 0.206 e. The number of thiazole rings is 1. The van der Waals surface area contributed by atoms with Crippen LogP contribution in [0.3, 0.4) is 0 Å². The van der Waals surface area contributed by atoms with E-state index < -0.39 is 0 Å². The molecule has 0 amide bonds. The summed E-state index contributed by atoms with van der Waals surface area (Å²) in [5.41, 5.74) is 0. The van der Waals surface area contributed by atoms with Gasteiger partial charge < -0.3 is 5.32 Å². The Bertz CT molecular complexity index is 654. The fourth-order valence-corrected chi connectivity index (χ4v) is 4.16. The van der Waals surface area contributed by atoms with Gasteiger partial charge in [0, 0.05) is 12.2 Å². The van der Waals surface area contributed by atoms with E-state index in [9.17, 15) is 0 Å². The van der Waals surface area contributed by atoms with Crippen molar-refractivity contribution in [3.63, 3.8) is 0 Å². The summed E-state index contributed by atoms with van der Waals surface area (Å²) in [6.07, 6.45) is 1.87. The highest BCUT2D eigenvalue weighted by Gasteiger charge is 2.12. The molecule has 0 bridgehead atoms. The highest BCUT2D eigenvalue weighted by atomic mass is 32.1. The summed E-state index contributed by atoms with van der Waals surface area (Å²) in [4.78, 5) is 6.72. The second kappa shape index (κ2) is 5.36. The number of thiophene rings is 1. The van der Waals surface area contributed by atoms with Gasteiger partial charge in [0.2, 0.25) is 5.13 Å². The first-order valence-corrected chi connectivity index (χ1v) is 8.34. The molecule has 0 saturated carbocycles. The van der Waals surface area contributed by atoms with E-state index in [0.29, 0.717) is 6.04 Å². The lowest BCUT2D eigenvalue weighted by Crippen LogP contribution is -2.08. The van der Waals surface area contributed by atoms with Crippen molar-refractivity contribution in [1.29, 1.82) is 0 Å². The largest absolute Gasteiger partial charge is 0.358 e. The molecule has 0 fully saturated rings. The van der Waals surface area contributed by atoms with Crippen LogP contribution in [0.25, 0.3) is 19.8 Å². The Morgan fingerprint density at radius 3 is 2.74 bits per heavy atom. The molecule has 3 rings (SSSR count). The lowest BCUT2D eigenvalue weighted by molar-refractivity contribution is 0.888. The molecule has 0 spiro atoms. The molecule has 0 saturated heterocycles. The fourth-order valence-electron chi connectivity index (χ4n) is 1.52. The van der Waals surface area contributed by atoms with Crippen molar-refractivity contribution in [2.45, 2.75) is 19.9 Å². The van der Waals surface area contributed by atoms with Gasteiger partial charge in [0.15, 0.2) is 5.01 Å². The zero-order valence-electron chi connectivity index (χ0n) is 10.5. The van der Waals surface area contributed by atoms with Gasteiger partial charge in [0.1, 0.15) is 5.01 Å². The minimum atomic E-state index is 0.365. The maximum Gasteiger partial charge on any atom is 0.206 e. The van der Waals surface area contributed by atoms with Gasteiger partial charge in [-0.05, 0) is 25.3 Å². The van der Waals surface area contributed by atoms with E-state index in [-0.39, 0.29) is 0 Å².